The Morgan fingerprint density at radius 2 is 0.949 bits per heavy atom. The number of nitrogens with one attached hydrogen (secondary N) is 4. The van der Waals surface area contributed by atoms with Gasteiger partial charge in [0.15, 0.2) is 0 Å². The van der Waals surface area contributed by atoms with Crippen molar-refractivity contribution in [2.45, 2.75) is 86.0 Å². The van der Waals surface area contributed by atoms with Crippen LogP contribution < -0.4 is 17.7 Å². The molecule has 1 aliphatic heterocycles. The first-order valence-corrected chi connectivity index (χ1v) is 50.5. The fourth-order valence-electron chi connectivity index (χ4n) is 11.5. The van der Waals surface area contributed by atoms with Crippen molar-refractivity contribution < 1.29 is 88.3 Å². The number of benzene rings is 8. The van der Waals surface area contributed by atoms with Gasteiger partial charge in [-0.15, -0.1) is 23.2 Å². The highest BCUT2D eigenvalue weighted by Gasteiger charge is 2.23. The Kier molecular flexibility index (Phi) is 52.1. The van der Waals surface area contributed by atoms with Gasteiger partial charge in [0.25, 0.3) is 11.4 Å². The molecule has 1 aliphatic rings. The van der Waals surface area contributed by atoms with Crippen molar-refractivity contribution in [1.82, 2.24) is 42.9 Å². The molecule has 0 atom stereocenters. The van der Waals surface area contributed by atoms with Crippen LogP contribution in [0.15, 0.2) is 187 Å². The van der Waals surface area contributed by atoms with E-state index < -0.39 is 53.2 Å². The molecule has 14 rings (SSSR count). The van der Waals surface area contributed by atoms with Gasteiger partial charge < -0.3 is 51.9 Å². The zero-order valence-electron chi connectivity index (χ0n) is 75.8. The van der Waals surface area contributed by atoms with Gasteiger partial charge in [-0.1, -0.05) is 6.07 Å². The summed E-state index contributed by atoms with van der Waals surface area (Å²) in [6.07, 6.45) is 14.6. The van der Waals surface area contributed by atoms with Crippen molar-refractivity contribution >= 4 is 255 Å². The zero-order valence-corrected chi connectivity index (χ0v) is 92.4. The number of nitriles is 2. The predicted molar refractivity (Wildman–Crippen MR) is 551 cm³/mol. The van der Waals surface area contributed by atoms with Gasteiger partial charge in [0, 0.05) is 126 Å². The maximum absolute atomic E-state index is 13.8. The largest absolute Gasteiger partial charge is 1.00 e. The van der Waals surface area contributed by atoms with Gasteiger partial charge in [-0.05, 0) is 328 Å². The minimum atomic E-state index is -3.49. The van der Waals surface area contributed by atoms with Crippen LogP contribution in [-0.4, -0.2) is 187 Å². The molecule has 0 saturated heterocycles. The number of aromatic nitrogens is 5. The molecular formula is C90H96Br8Cl3F8N15O10S2. The normalized spacial score (nSPS) is 11.3. The zero-order chi connectivity index (χ0) is 102. The van der Waals surface area contributed by atoms with E-state index in [0.717, 1.165) is 115 Å². The standard InChI is InChI=1S/C13H13BrFN3O2S.C11H8BrFN2O2S.C11H12BrFN2.C10H10BrFN2O2.C10H6BrFN2.C9H21NO2.C8H5BrFN.C7H5BrFNO2.C7H6BrF.C3H8N.CH2Cl2.ClH/c1-21(19,20)18-7-8(4-13-16-2-3-17-13)9-5-11(15)10(14)6-12(9)18;1-18(16,17)15-6-7(2-3-14)8-4-10(13)9(12)5-11(8)15;1-15(2)6-7-5-14-11-4-9(12)10(13)3-8(7)11;1-13(2)4-3-7-5-9(12)8(11)6-10(7)14(15)16;11-8-4-10-7(3-9(8)12)6(1-2-13)5-14-10;1-7(2)11-9(10(5)6)12-8(3)4;9-6-4-8-5(1-2-11-8)3-7(6)10;1-4-2-6(9)5(8)3-7(4)10(11)12;1-5-2-3-6(8)7(9)4-5;1-4(2)3;2-1-3;/h5-7H,2-4H2,1H3,(H,16,17);4-6H,2H2,1H3;3-5,14H,6H2,1-2H3;3-6H,1-2H3;3-5,14H,1H2;7-9H,1-6H3;1-4,11H;2-3H,1H3;2-4H,1H3;1H2,2-3H3;1H2;1H/q;;;;;;;;;+1;;/p-1/b;;;4-3+;;;;;;;;. The van der Waals surface area contributed by atoms with Gasteiger partial charge in [0.05, 0.1) is 124 Å². The maximum atomic E-state index is 13.8. The number of hydrogen-bond donors (Lipinski definition) is 4. The molecule has 136 heavy (non-hydrogen) atoms. The van der Waals surface area contributed by atoms with Crippen LogP contribution in [0.5, 0.6) is 0 Å². The number of rotatable bonds is 17. The molecule has 5 aromatic heterocycles. The summed E-state index contributed by atoms with van der Waals surface area (Å²) in [5.74, 6) is -2.08. The highest BCUT2D eigenvalue weighted by Crippen LogP contribution is 2.35. The summed E-state index contributed by atoms with van der Waals surface area (Å²) in [6, 6.07) is 30.5. The predicted octanol–water partition coefficient (Wildman–Crippen LogP) is 22.4. The minimum Gasteiger partial charge on any atom is -1.00 e. The van der Waals surface area contributed by atoms with Crippen molar-refractivity contribution in [3.05, 3.63) is 288 Å². The lowest BCUT2D eigenvalue weighted by Crippen LogP contribution is -3.00. The Balaban J connectivity index is 0.000000393. The van der Waals surface area contributed by atoms with Crippen molar-refractivity contribution in [2.75, 3.05) is 87.3 Å². The fourth-order valence-corrected chi connectivity index (χ4v) is 15.8. The number of H-pyrrole nitrogens is 3. The number of nitrogens with zero attached hydrogens (tertiary/aromatic N) is 11. The number of hydrogen-bond acceptors (Lipinski definition) is 17. The second-order valence-electron chi connectivity index (χ2n) is 30.3. The van der Waals surface area contributed by atoms with Crippen LogP contribution in [0.4, 0.5) is 46.5 Å². The van der Waals surface area contributed by atoms with Gasteiger partial charge in [-0.3, -0.25) is 30.1 Å². The van der Waals surface area contributed by atoms with Crippen molar-refractivity contribution in [1.29, 1.82) is 10.5 Å². The van der Waals surface area contributed by atoms with E-state index >= 15 is 0 Å². The van der Waals surface area contributed by atoms with Gasteiger partial charge >= 0.3 is 0 Å². The smallest absolute Gasteiger partial charge is 0.277 e. The van der Waals surface area contributed by atoms with Crippen LogP contribution in [0.3, 0.4) is 0 Å². The van der Waals surface area contributed by atoms with Crippen molar-refractivity contribution in [2.24, 2.45) is 4.99 Å². The number of aliphatic imine (C=N–C) groups is 1. The number of ether oxygens (including phenoxy) is 2. The Hall–Kier alpha value is -8.19. The minimum absolute atomic E-state index is 0. The summed E-state index contributed by atoms with van der Waals surface area (Å²) in [5, 5.41) is 45.3. The van der Waals surface area contributed by atoms with Crippen molar-refractivity contribution in [3.8, 4) is 12.1 Å². The van der Waals surface area contributed by atoms with Crippen LogP contribution in [-0.2, 0) is 55.3 Å². The third-order valence-corrected chi connectivity index (χ3v) is 24.3. The molecular weight excluding hydrogens is 2410 g/mol. The lowest BCUT2D eigenvalue weighted by atomic mass is 10.1. The van der Waals surface area contributed by atoms with E-state index in [2.05, 4.69) is 164 Å². The van der Waals surface area contributed by atoms with E-state index in [1.165, 1.54) is 71.8 Å². The SMILES string of the molecule is C=[N+](C)C.CC(C)OC(OC(C)C)N(C)C.CN(C)/C=C/c1cc(F)c(Br)cc1[N+](=O)[O-].CN(C)Cc1c[nH]c2cc(Br)c(F)cc12.CS(=O)(=O)n1cc(CC#N)c2cc(F)c(Br)cc21.CS(=O)(=O)n1cc(CC2=NCCN2)c2cc(F)c(Br)cc21.Cc1cc(F)c(Br)cc1[N+](=O)[O-].Cc1ccc(Br)c(F)c1.ClCCl.Fc1cc2cc[nH]c2cc1Br.N#CCc1c[nH]c2cc(Br)c(F)cc12.[Cl-]. The molecule has 0 spiro atoms. The van der Waals surface area contributed by atoms with Crippen LogP contribution >= 0.6 is 151 Å². The van der Waals surface area contributed by atoms with Crippen LogP contribution in [0, 0.1) is 103 Å². The summed E-state index contributed by atoms with van der Waals surface area (Å²) >= 11 is 33.9. The Labute approximate surface area is 866 Å². The molecule has 0 fully saturated rings. The number of amidine groups is 1. The second-order valence-corrected chi connectivity index (χ2v) is 41.7. The summed E-state index contributed by atoms with van der Waals surface area (Å²) < 4.78 is 170. The molecule has 8 aromatic carbocycles. The number of nitro groups is 2. The summed E-state index contributed by atoms with van der Waals surface area (Å²) in [4.78, 5) is 39.1. The van der Waals surface area contributed by atoms with Crippen molar-refractivity contribution in [3.63, 3.8) is 0 Å². The first-order chi connectivity index (χ1) is 63.0. The lowest BCUT2D eigenvalue weighted by Gasteiger charge is -2.27. The number of halogens is 19. The second kappa shape index (κ2) is 58.1. The number of aromatic amines is 3. The maximum Gasteiger partial charge on any atom is 0.277 e. The topological polar surface area (TPSA) is 315 Å². The fraction of sp³-hybridized carbons (Fsp3) is 0.289. The third kappa shape index (κ3) is 39.5. The summed E-state index contributed by atoms with van der Waals surface area (Å²) in [7, 11) is 8.25. The highest BCUT2D eigenvalue weighted by atomic mass is 79.9. The highest BCUT2D eigenvalue weighted by molar-refractivity contribution is 9.11. The number of nitro benzene ring substituents is 2. The van der Waals surface area contributed by atoms with Crippen LogP contribution in [0.1, 0.15) is 66.6 Å². The van der Waals surface area contributed by atoms with Crippen LogP contribution in [0.25, 0.3) is 60.6 Å². The summed E-state index contributed by atoms with van der Waals surface area (Å²) in [5.41, 5.74) is 8.00. The third-order valence-electron chi connectivity index (χ3n) is 17.4. The van der Waals surface area contributed by atoms with E-state index in [0.29, 0.717) is 70.2 Å². The quantitative estimate of drug-likeness (QED) is 0.0125. The van der Waals surface area contributed by atoms with Gasteiger partial charge in [-0.2, -0.15) is 10.5 Å². The number of aryl methyl sites for hydroxylation is 2. The van der Waals surface area contributed by atoms with Gasteiger partial charge in [0.1, 0.15) is 73.2 Å². The monoisotopic (exact) mass is 2500 g/mol. The Bertz CT molecular complexity index is 6650. The first-order valence-electron chi connectivity index (χ1n) is 39.4. The first kappa shape index (κ1) is 122. The summed E-state index contributed by atoms with van der Waals surface area (Å²) in [6.45, 7) is 17.1. The molecule has 0 radical (unpaired) electrons. The molecule has 4 N–H and O–H groups in total. The Morgan fingerprint density at radius 1 is 0.551 bits per heavy atom. The van der Waals surface area contributed by atoms with E-state index in [4.69, 9.17) is 43.2 Å². The molecule has 0 aliphatic carbocycles. The van der Waals surface area contributed by atoms with E-state index in [1.807, 2.05) is 112 Å². The van der Waals surface area contributed by atoms with E-state index in [-0.39, 0.29) is 101 Å². The number of alkyl halides is 2. The average molecular weight is 2510 g/mol. The van der Waals surface area contributed by atoms with E-state index in [9.17, 15) is 72.2 Å². The molecule has 13 aromatic rings. The van der Waals surface area contributed by atoms with Gasteiger partial charge in [-0.25, -0.2) is 64.5 Å². The lowest BCUT2D eigenvalue weighted by molar-refractivity contribution is -0.454. The van der Waals surface area contributed by atoms with E-state index in [1.54, 1.807) is 72.5 Å². The Morgan fingerprint density at radius 3 is 1.37 bits per heavy atom. The molecule has 6 heterocycles. The molecule has 0 bridgehead atoms. The molecule has 0 unspecified atom stereocenters. The van der Waals surface area contributed by atoms with Gasteiger partial charge in [0.2, 0.25) is 26.5 Å². The molecule has 0 saturated carbocycles. The molecule has 0 amide bonds. The molecule has 736 valence electrons. The number of fused-ring (bicyclic) bond motifs is 5. The van der Waals surface area contributed by atoms with Crippen LogP contribution in [0.2, 0.25) is 0 Å². The molecule has 46 heteroatoms. The average Bonchev–Trinajstić information content (AvgIpc) is 1.61. The molecule has 25 nitrogen and oxygen atoms in total.